The van der Waals surface area contributed by atoms with Crippen molar-refractivity contribution in [2.45, 2.75) is 39.3 Å². The third kappa shape index (κ3) is 4.94. The lowest BCUT2D eigenvalue weighted by Crippen LogP contribution is -2.43. The molecule has 2 aromatic carbocycles. The van der Waals surface area contributed by atoms with E-state index in [1.807, 2.05) is 51.1 Å². The van der Waals surface area contributed by atoms with Crippen LogP contribution < -0.4 is 5.32 Å². The maximum Gasteiger partial charge on any atom is 0.272 e. The van der Waals surface area contributed by atoms with Crippen molar-refractivity contribution in [3.05, 3.63) is 82.5 Å². The van der Waals surface area contributed by atoms with Crippen LogP contribution in [0.5, 0.6) is 0 Å². The summed E-state index contributed by atoms with van der Waals surface area (Å²) in [6.45, 7) is 6.29. The fourth-order valence-corrected chi connectivity index (χ4v) is 3.76. The van der Waals surface area contributed by atoms with Crippen LogP contribution in [0.15, 0.2) is 61.2 Å². The van der Waals surface area contributed by atoms with Crippen LogP contribution in [0.3, 0.4) is 0 Å². The van der Waals surface area contributed by atoms with E-state index in [2.05, 4.69) is 15.4 Å². The van der Waals surface area contributed by atoms with Crippen molar-refractivity contribution in [3.63, 3.8) is 0 Å². The molecule has 170 valence electrons. The summed E-state index contributed by atoms with van der Waals surface area (Å²) in [6.07, 6.45) is 3.84. The van der Waals surface area contributed by atoms with E-state index < -0.39 is 5.54 Å². The summed E-state index contributed by atoms with van der Waals surface area (Å²) < 4.78 is 3.38. The molecule has 0 spiro atoms. The van der Waals surface area contributed by atoms with Gasteiger partial charge in [0.15, 0.2) is 5.69 Å². The van der Waals surface area contributed by atoms with Gasteiger partial charge in [-0.25, -0.2) is 14.3 Å². The number of amides is 1. The van der Waals surface area contributed by atoms with Crippen molar-refractivity contribution in [2.24, 2.45) is 0 Å². The Morgan fingerprint density at radius 3 is 2.45 bits per heavy atom. The number of rotatable bonds is 7. The zero-order chi connectivity index (χ0) is 23.6. The van der Waals surface area contributed by atoms with E-state index in [9.17, 15) is 4.79 Å². The first kappa shape index (κ1) is 23.0. The van der Waals surface area contributed by atoms with Gasteiger partial charge in [0.25, 0.3) is 5.91 Å². The Balaban J connectivity index is 1.97. The number of aromatic nitrogens is 5. The van der Waals surface area contributed by atoms with Crippen LogP contribution in [0.1, 0.15) is 43.2 Å². The van der Waals surface area contributed by atoms with Gasteiger partial charge < -0.3 is 5.32 Å². The van der Waals surface area contributed by atoms with Gasteiger partial charge in [-0.2, -0.15) is 10.2 Å². The number of hydrogen-bond acceptors (Lipinski definition) is 4. The van der Waals surface area contributed by atoms with Crippen molar-refractivity contribution in [3.8, 4) is 16.9 Å². The minimum Gasteiger partial charge on any atom is -0.346 e. The molecule has 0 bridgehead atoms. The Bertz CT molecular complexity index is 1260. The molecule has 0 aliphatic rings. The van der Waals surface area contributed by atoms with Gasteiger partial charge in [-0.3, -0.25) is 4.79 Å². The van der Waals surface area contributed by atoms with Crippen LogP contribution in [0.4, 0.5) is 0 Å². The smallest absolute Gasteiger partial charge is 0.272 e. The number of benzene rings is 2. The molecule has 0 saturated carbocycles. The standard InChI is InChI=1S/C24H24Cl2N6O/c1-4-24(2,3)29-23(33)21-18(13-31-15-27-14-28-31)22(16-9-11-17(25)12-10-16)32(30-21)20-8-6-5-7-19(20)26/h5-12,14-15H,4,13H2,1-3H3,(H,29,33). The summed E-state index contributed by atoms with van der Waals surface area (Å²) in [6, 6.07) is 14.8. The number of nitrogens with one attached hydrogen (secondary N) is 1. The summed E-state index contributed by atoms with van der Waals surface area (Å²) in [7, 11) is 0. The topological polar surface area (TPSA) is 77.6 Å². The molecule has 0 fully saturated rings. The van der Waals surface area contributed by atoms with Crippen LogP contribution in [0.25, 0.3) is 16.9 Å². The van der Waals surface area contributed by atoms with Gasteiger partial charge >= 0.3 is 0 Å². The van der Waals surface area contributed by atoms with Gasteiger partial charge in [0, 0.05) is 21.7 Å². The SMILES string of the molecule is CCC(C)(C)NC(=O)c1nn(-c2ccccc2Cl)c(-c2ccc(Cl)cc2)c1Cn1cncn1. The van der Waals surface area contributed by atoms with Crippen LogP contribution in [0, 0.1) is 0 Å². The molecule has 0 atom stereocenters. The molecule has 1 amide bonds. The highest BCUT2D eigenvalue weighted by Gasteiger charge is 2.28. The first-order valence-corrected chi connectivity index (χ1v) is 11.3. The van der Waals surface area contributed by atoms with Gasteiger partial charge in [0.05, 0.1) is 22.9 Å². The molecule has 0 unspecified atom stereocenters. The minimum atomic E-state index is -0.393. The predicted octanol–water partition coefficient (Wildman–Crippen LogP) is 5.40. The summed E-state index contributed by atoms with van der Waals surface area (Å²) in [5.41, 5.74) is 2.85. The monoisotopic (exact) mass is 482 g/mol. The maximum absolute atomic E-state index is 13.4. The third-order valence-electron chi connectivity index (χ3n) is 5.52. The second kappa shape index (κ2) is 9.37. The molecule has 9 heteroatoms. The molecule has 0 aliphatic heterocycles. The van der Waals surface area contributed by atoms with E-state index >= 15 is 0 Å². The molecule has 4 aromatic rings. The number of carbonyl (C=O) groups excluding carboxylic acids is 1. The van der Waals surface area contributed by atoms with Crippen molar-refractivity contribution < 1.29 is 4.79 Å². The Labute approximate surface area is 202 Å². The summed E-state index contributed by atoms with van der Waals surface area (Å²) >= 11 is 12.7. The van der Waals surface area contributed by atoms with Gasteiger partial charge in [0.1, 0.15) is 12.7 Å². The quantitative estimate of drug-likeness (QED) is 0.382. The second-order valence-corrected chi connectivity index (χ2v) is 9.17. The summed E-state index contributed by atoms with van der Waals surface area (Å²) in [4.78, 5) is 17.5. The highest BCUT2D eigenvalue weighted by Crippen LogP contribution is 2.33. The number of halogens is 2. The molecule has 33 heavy (non-hydrogen) atoms. The Kier molecular flexibility index (Phi) is 6.54. The fourth-order valence-electron chi connectivity index (χ4n) is 3.42. The average molecular weight is 483 g/mol. The molecule has 0 saturated heterocycles. The van der Waals surface area contributed by atoms with E-state index in [0.717, 1.165) is 17.7 Å². The summed E-state index contributed by atoms with van der Waals surface area (Å²) in [5, 5.41) is 13.2. The molecule has 1 N–H and O–H groups in total. The highest BCUT2D eigenvalue weighted by molar-refractivity contribution is 6.32. The Morgan fingerprint density at radius 1 is 1.09 bits per heavy atom. The van der Waals surface area contributed by atoms with E-state index in [0.29, 0.717) is 33.5 Å². The van der Waals surface area contributed by atoms with Crippen molar-refractivity contribution in [1.29, 1.82) is 0 Å². The lowest BCUT2D eigenvalue weighted by Gasteiger charge is -2.24. The van der Waals surface area contributed by atoms with Crippen molar-refractivity contribution in [1.82, 2.24) is 29.9 Å². The molecule has 2 aromatic heterocycles. The molecule has 4 rings (SSSR count). The van der Waals surface area contributed by atoms with Gasteiger partial charge in [-0.15, -0.1) is 0 Å². The first-order valence-electron chi connectivity index (χ1n) is 10.6. The van der Waals surface area contributed by atoms with E-state index in [4.69, 9.17) is 28.3 Å². The Hall–Kier alpha value is -3.16. The third-order valence-corrected chi connectivity index (χ3v) is 6.09. The van der Waals surface area contributed by atoms with Crippen LogP contribution in [-0.4, -0.2) is 36.0 Å². The minimum absolute atomic E-state index is 0.266. The van der Waals surface area contributed by atoms with E-state index in [-0.39, 0.29) is 5.91 Å². The molecular weight excluding hydrogens is 459 g/mol. The zero-order valence-electron chi connectivity index (χ0n) is 18.6. The Morgan fingerprint density at radius 2 is 1.82 bits per heavy atom. The number of para-hydroxylation sites is 1. The largest absolute Gasteiger partial charge is 0.346 e. The van der Waals surface area contributed by atoms with Crippen LogP contribution in [0.2, 0.25) is 10.0 Å². The van der Waals surface area contributed by atoms with E-state index in [1.165, 1.54) is 6.33 Å². The first-order chi connectivity index (χ1) is 15.8. The fraction of sp³-hybridized carbons (Fsp3) is 0.250. The van der Waals surface area contributed by atoms with Gasteiger partial charge in [-0.1, -0.05) is 54.4 Å². The second-order valence-electron chi connectivity index (χ2n) is 8.33. The van der Waals surface area contributed by atoms with Gasteiger partial charge in [0.2, 0.25) is 0 Å². The highest BCUT2D eigenvalue weighted by atomic mass is 35.5. The van der Waals surface area contributed by atoms with E-state index in [1.54, 1.807) is 33.9 Å². The lowest BCUT2D eigenvalue weighted by atomic mass is 10.0. The van der Waals surface area contributed by atoms with Crippen molar-refractivity contribution >= 4 is 29.1 Å². The molecule has 2 heterocycles. The molecule has 0 aliphatic carbocycles. The number of hydrogen-bond donors (Lipinski definition) is 1. The number of nitrogens with zero attached hydrogens (tertiary/aromatic N) is 5. The zero-order valence-corrected chi connectivity index (χ0v) is 20.1. The normalized spacial score (nSPS) is 11.5. The molecule has 7 nitrogen and oxygen atoms in total. The average Bonchev–Trinajstić information content (AvgIpc) is 3.43. The van der Waals surface area contributed by atoms with Gasteiger partial charge in [-0.05, 0) is 44.5 Å². The van der Waals surface area contributed by atoms with Crippen LogP contribution in [-0.2, 0) is 6.54 Å². The summed E-state index contributed by atoms with van der Waals surface area (Å²) in [5.74, 6) is -0.266. The number of carbonyl (C=O) groups is 1. The molecular formula is C24H24Cl2N6O. The lowest BCUT2D eigenvalue weighted by molar-refractivity contribution is 0.0904. The van der Waals surface area contributed by atoms with Crippen LogP contribution >= 0.6 is 23.2 Å². The maximum atomic E-state index is 13.4. The molecule has 0 radical (unpaired) electrons. The predicted molar refractivity (Wildman–Crippen MR) is 130 cm³/mol. The van der Waals surface area contributed by atoms with Crippen molar-refractivity contribution in [2.75, 3.05) is 0 Å².